The van der Waals surface area contributed by atoms with Crippen LogP contribution in [0.2, 0.25) is 0 Å². The van der Waals surface area contributed by atoms with E-state index in [0.29, 0.717) is 17.5 Å². The molecule has 312 valence electrons. The van der Waals surface area contributed by atoms with Gasteiger partial charge in [-0.15, -0.1) is 0 Å². The maximum Gasteiger partial charge on any atom is 0.164 e. The molecule has 0 aliphatic heterocycles. The van der Waals surface area contributed by atoms with Gasteiger partial charge in [-0.2, -0.15) is 0 Å². The monoisotopic (exact) mass is 852 g/mol. The van der Waals surface area contributed by atoms with Crippen molar-refractivity contribution in [2.45, 2.75) is 5.41 Å². The molecule has 2 aromatic heterocycles. The summed E-state index contributed by atoms with van der Waals surface area (Å²) in [5.74, 6) is 1.87. The van der Waals surface area contributed by atoms with E-state index in [4.69, 9.17) is 15.0 Å². The number of fused-ring (bicyclic) bond motifs is 10. The molecule has 0 radical (unpaired) electrons. The molecule has 0 fully saturated rings. The first-order valence-corrected chi connectivity index (χ1v) is 22.8. The number of rotatable bonds is 7. The maximum absolute atomic E-state index is 5.08. The Hall–Kier alpha value is -8.86. The van der Waals surface area contributed by atoms with Gasteiger partial charge in [-0.25, -0.2) is 15.0 Å². The molecule has 4 nitrogen and oxygen atoms in total. The minimum atomic E-state index is -0.381. The highest BCUT2D eigenvalue weighted by Crippen LogP contribution is 2.63. The highest BCUT2D eigenvalue weighted by molar-refractivity contribution is 5.96. The molecule has 0 saturated carbocycles. The molecule has 2 heterocycles. The molecule has 0 saturated heterocycles. The van der Waals surface area contributed by atoms with Crippen molar-refractivity contribution < 1.29 is 0 Å². The number of pyridine rings is 1. The summed E-state index contributed by atoms with van der Waals surface area (Å²) in [5.41, 5.74) is 22.1. The topological polar surface area (TPSA) is 51.6 Å². The third-order valence-electron chi connectivity index (χ3n) is 13.6. The Balaban J connectivity index is 0.857. The molecule has 13 rings (SSSR count). The predicted octanol–water partition coefficient (Wildman–Crippen LogP) is 15.3. The second-order valence-electron chi connectivity index (χ2n) is 17.4. The van der Waals surface area contributed by atoms with E-state index in [0.717, 1.165) is 50.1 Å². The summed E-state index contributed by atoms with van der Waals surface area (Å²) >= 11 is 0. The average molecular weight is 853 g/mol. The third kappa shape index (κ3) is 6.37. The van der Waals surface area contributed by atoms with Gasteiger partial charge in [-0.1, -0.05) is 200 Å². The number of hydrogen-bond acceptors (Lipinski definition) is 4. The Morgan fingerprint density at radius 3 is 1.13 bits per heavy atom. The first kappa shape index (κ1) is 38.6. The zero-order valence-electron chi connectivity index (χ0n) is 36.4. The predicted molar refractivity (Wildman–Crippen MR) is 272 cm³/mol. The van der Waals surface area contributed by atoms with Crippen molar-refractivity contribution in [3.8, 4) is 101 Å². The van der Waals surface area contributed by atoms with Gasteiger partial charge in [0.25, 0.3) is 0 Å². The van der Waals surface area contributed by atoms with Crippen LogP contribution in [0.1, 0.15) is 22.3 Å². The third-order valence-corrected chi connectivity index (χ3v) is 13.6. The van der Waals surface area contributed by atoms with Crippen LogP contribution in [0.3, 0.4) is 0 Å². The molecule has 0 amide bonds. The largest absolute Gasteiger partial charge is 0.264 e. The zero-order chi connectivity index (χ0) is 44.3. The van der Waals surface area contributed by atoms with E-state index in [-0.39, 0.29) is 5.41 Å². The lowest BCUT2D eigenvalue weighted by Crippen LogP contribution is -2.25. The molecule has 2 aliphatic rings. The summed E-state index contributed by atoms with van der Waals surface area (Å²) in [7, 11) is 0. The van der Waals surface area contributed by atoms with Crippen molar-refractivity contribution in [3.05, 3.63) is 265 Å². The first-order chi connectivity index (χ1) is 33.2. The van der Waals surface area contributed by atoms with Crippen molar-refractivity contribution in [2.75, 3.05) is 0 Å². The van der Waals surface area contributed by atoms with Crippen molar-refractivity contribution >= 4 is 0 Å². The van der Waals surface area contributed by atoms with Crippen molar-refractivity contribution in [3.63, 3.8) is 0 Å². The van der Waals surface area contributed by atoms with E-state index in [1.54, 1.807) is 6.20 Å². The number of aromatic nitrogens is 4. The van der Waals surface area contributed by atoms with E-state index in [2.05, 4.69) is 199 Å². The van der Waals surface area contributed by atoms with Gasteiger partial charge in [0.05, 0.1) is 5.41 Å². The van der Waals surface area contributed by atoms with E-state index >= 15 is 0 Å². The molecule has 11 aromatic rings. The average Bonchev–Trinajstić information content (AvgIpc) is 3.88. The maximum atomic E-state index is 5.08. The van der Waals surface area contributed by atoms with E-state index in [9.17, 15) is 0 Å². The number of hydrogen-bond donors (Lipinski definition) is 0. The Kier molecular flexibility index (Phi) is 9.04. The second-order valence-corrected chi connectivity index (χ2v) is 17.4. The lowest BCUT2D eigenvalue weighted by atomic mass is 9.70. The Morgan fingerprint density at radius 1 is 0.239 bits per heavy atom. The van der Waals surface area contributed by atoms with Crippen LogP contribution in [0.4, 0.5) is 0 Å². The van der Waals surface area contributed by atoms with Crippen LogP contribution in [0, 0.1) is 0 Å². The lowest BCUT2D eigenvalue weighted by molar-refractivity contribution is 0.794. The van der Waals surface area contributed by atoms with Gasteiger partial charge in [0.2, 0.25) is 0 Å². The fourth-order valence-electron chi connectivity index (χ4n) is 10.6. The van der Waals surface area contributed by atoms with Crippen molar-refractivity contribution in [1.29, 1.82) is 0 Å². The van der Waals surface area contributed by atoms with Gasteiger partial charge in [-0.3, -0.25) is 4.98 Å². The number of benzene rings is 9. The van der Waals surface area contributed by atoms with Crippen LogP contribution in [-0.2, 0) is 5.41 Å². The van der Waals surface area contributed by atoms with Gasteiger partial charge >= 0.3 is 0 Å². The van der Waals surface area contributed by atoms with E-state index in [1.807, 2.05) is 42.6 Å². The summed E-state index contributed by atoms with van der Waals surface area (Å²) in [6.45, 7) is 0. The molecule has 0 N–H and O–H groups in total. The molecule has 9 aromatic carbocycles. The Morgan fingerprint density at radius 2 is 0.612 bits per heavy atom. The summed E-state index contributed by atoms with van der Waals surface area (Å²) < 4.78 is 0. The molecule has 0 atom stereocenters. The van der Waals surface area contributed by atoms with Crippen LogP contribution in [0.5, 0.6) is 0 Å². The highest BCUT2D eigenvalue weighted by Gasteiger charge is 2.51. The molecular weight excluding hydrogens is 813 g/mol. The Bertz CT molecular complexity index is 3630. The van der Waals surface area contributed by atoms with Crippen LogP contribution in [0.25, 0.3) is 101 Å². The summed E-state index contributed by atoms with van der Waals surface area (Å²) in [5, 5.41) is 0. The molecule has 0 unspecified atom stereocenters. The van der Waals surface area contributed by atoms with Crippen LogP contribution in [0.15, 0.2) is 243 Å². The smallest absolute Gasteiger partial charge is 0.164 e. The van der Waals surface area contributed by atoms with Gasteiger partial charge in [0.15, 0.2) is 17.5 Å². The van der Waals surface area contributed by atoms with Gasteiger partial charge in [-0.05, 0) is 119 Å². The quantitative estimate of drug-likeness (QED) is 0.160. The lowest BCUT2D eigenvalue weighted by Gasteiger charge is -2.30. The summed E-state index contributed by atoms with van der Waals surface area (Å²) in [4.78, 5) is 19.4. The summed E-state index contributed by atoms with van der Waals surface area (Å²) in [6.07, 6.45) is 3.67. The fraction of sp³-hybridized carbons (Fsp3) is 0.0159. The van der Waals surface area contributed by atoms with Gasteiger partial charge in [0, 0.05) is 29.1 Å². The van der Waals surface area contributed by atoms with Gasteiger partial charge in [0.1, 0.15) is 0 Å². The summed E-state index contributed by atoms with van der Waals surface area (Å²) in [6, 6.07) is 82.9. The minimum absolute atomic E-state index is 0.381. The van der Waals surface area contributed by atoms with Gasteiger partial charge < -0.3 is 0 Å². The number of nitrogens with zero attached hydrogens (tertiary/aromatic N) is 4. The van der Waals surface area contributed by atoms with Crippen molar-refractivity contribution in [1.82, 2.24) is 19.9 Å². The van der Waals surface area contributed by atoms with Crippen LogP contribution >= 0.6 is 0 Å². The molecular formula is C63H40N4. The fourth-order valence-corrected chi connectivity index (χ4v) is 10.6. The van der Waals surface area contributed by atoms with E-state index in [1.165, 1.54) is 55.6 Å². The molecule has 67 heavy (non-hydrogen) atoms. The molecule has 1 spiro atoms. The molecule has 2 aliphatic carbocycles. The second kappa shape index (κ2) is 15.7. The van der Waals surface area contributed by atoms with E-state index < -0.39 is 0 Å². The SMILES string of the molecule is c1ccc(-c2nc(-c3ccc(-c4cccnc4)cc3)nc(-c3cccc(-c4cccc(-c5cccc(-c6ccc7c(c6)C6(c8ccccc8-c8ccccc86)c6ccccc6-7)c5)c4)c3)n2)cc1. The highest BCUT2D eigenvalue weighted by atomic mass is 15.0. The first-order valence-electron chi connectivity index (χ1n) is 22.8. The van der Waals surface area contributed by atoms with Crippen molar-refractivity contribution in [2.24, 2.45) is 0 Å². The zero-order valence-corrected chi connectivity index (χ0v) is 36.4. The van der Waals surface area contributed by atoms with Crippen LogP contribution in [-0.4, -0.2) is 19.9 Å². The minimum Gasteiger partial charge on any atom is -0.264 e. The molecule has 0 bridgehead atoms. The Labute approximate surface area is 389 Å². The standard InChI is InChI=1S/C63H40N4/c1-2-14-42(15-3-1)60-65-61(43-31-29-41(30-32-43)51-22-13-35-64-40-51)67-62(66-60)50-21-12-20-48(38-50)46-18-10-16-44(36-46)45-17-11-19-47(37-45)49-33-34-55-54-25-6-9-28-58(54)63(59(55)39-49)56-26-7-4-23-52(56)53-24-5-8-27-57(53)63/h1-40H. The normalized spacial score (nSPS) is 12.6. The van der Waals surface area contributed by atoms with Crippen LogP contribution < -0.4 is 0 Å². The molecule has 4 heteroatoms.